The van der Waals surface area contributed by atoms with Gasteiger partial charge in [0.25, 0.3) is 0 Å². The van der Waals surface area contributed by atoms with Crippen LogP contribution in [0.15, 0.2) is 170 Å². The Bertz CT molecular complexity index is 4230. The lowest BCUT2D eigenvalue weighted by atomic mass is 9.76. The fourth-order valence-electron chi connectivity index (χ4n) is 11.4. The molecule has 0 N–H and O–H groups in total. The molecule has 4 aliphatic rings. The number of halogens is 6. The molecule has 22 heteroatoms. The van der Waals surface area contributed by atoms with Crippen LogP contribution < -0.4 is 0 Å². The van der Waals surface area contributed by atoms with Gasteiger partial charge in [0.15, 0.2) is 0 Å². The van der Waals surface area contributed by atoms with E-state index in [4.69, 9.17) is 28.9 Å². The van der Waals surface area contributed by atoms with E-state index >= 15 is 19.2 Å². The van der Waals surface area contributed by atoms with E-state index in [1.54, 1.807) is 121 Å². The first kappa shape index (κ1) is 58.4. The molecule has 2 aromatic heterocycles. The number of nitrogens with zero attached hydrogens (tertiary/aromatic N) is 2. The fourth-order valence-corrected chi connectivity index (χ4v) is 13.6. The van der Waals surface area contributed by atoms with Crippen LogP contribution >= 0.6 is 22.7 Å². The summed E-state index contributed by atoms with van der Waals surface area (Å²) in [6, 6.07) is 40.7. The molecule has 0 fully saturated rings. The van der Waals surface area contributed by atoms with E-state index in [-0.39, 0.29) is 75.7 Å². The number of allylic oxidation sites excluding steroid dienone is 2. The van der Waals surface area contributed by atoms with Crippen molar-refractivity contribution in [3.8, 4) is 20.9 Å². The Balaban J connectivity index is 1.06. The van der Waals surface area contributed by atoms with Gasteiger partial charge >= 0.3 is 36.2 Å². The lowest BCUT2D eigenvalue weighted by molar-refractivity contribution is -0.166. The lowest BCUT2D eigenvalue weighted by Gasteiger charge is -2.28. The molecule has 0 unspecified atom stereocenters. The second kappa shape index (κ2) is 22.2. The number of Topliss-reactive ketones (excluding diaryl/α,β-unsaturated/α-hetero) is 4. The van der Waals surface area contributed by atoms with Gasteiger partial charge in [-0.05, 0) is 104 Å². The highest BCUT2D eigenvalue weighted by Crippen LogP contribution is 2.60. The number of hydrogen-bond acceptors (Lipinski definition) is 16. The third kappa shape index (κ3) is 9.74. The van der Waals surface area contributed by atoms with Crippen molar-refractivity contribution < 1.29 is 83.6 Å². The van der Waals surface area contributed by atoms with Gasteiger partial charge in [0.05, 0.1) is 32.3 Å². The Hall–Kier alpha value is -10.6. The number of ether oxygens (including phenoxy) is 4. The van der Waals surface area contributed by atoms with Crippen LogP contribution in [0.2, 0.25) is 0 Å². The zero-order valence-electron chi connectivity index (χ0n) is 46.0. The summed E-state index contributed by atoms with van der Waals surface area (Å²) in [4.78, 5) is 127. The predicted octanol–water partition coefficient (Wildman–Crippen LogP) is 12.8. The molecule has 9 aromatic rings. The number of rotatable bonds is 14. The largest absolute Gasteiger partial charge is 0.459 e. The molecule has 0 amide bonds. The van der Waals surface area contributed by atoms with Crippen molar-refractivity contribution in [2.75, 3.05) is 0 Å². The summed E-state index contributed by atoms with van der Waals surface area (Å²) in [5.74, 6) is -9.87. The number of aromatic nitrogens is 2. The molecular weight excluding hydrogens is 1210 g/mol. The summed E-state index contributed by atoms with van der Waals surface area (Å²) >= 11 is 1.52. The predicted molar refractivity (Wildman–Crippen MR) is 312 cm³/mol. The number of thiazole rings is 2. The number of carbonyl (C=O) groups is 8. The molecular formula is C68H38F6N2O12S2. The number of esters is 4. The maximum absolute atomic E-state index is 15.8. The molecule has 0 aliphatic heterocycles. The van der Waals surface area contributed by atoms with E-state index < -0.39 is 119 Å². The smallest absolute Gasteiger partial charge is 0.416 e. The monoisotopic (exact) mass is 1250 g/mol. The summed E-state index contributed by atoms with van der Waals surface area (Å²) in [7, 11) is 0. The molecule has 0 saturated carbocycles. The minimum atomic E-state index is -4.88. The maximum atomic E-state index is 15.8. The Labute approximate surface area is 512 Å². The van der Waals surface area contributed by atoms with E-state index in [0.717, 1.165) is 47.0 Å². The zero-order valence-corrected chi connectivity index (χ0v) is 47.7. The number of alkyl halides is 6. The third-order valence-electron chi connectivity index (χ3n) is 15.7. The van der Waals surface area contributed by atoms with Crippen LogP contribution in [0.1, 0.15) is 97.8 Å². The van der Waals surface area contributed by atoms with Gasteiger partial charge in [-0.15, -0.1) is 22.7 Å². The number of fused-ring (bicyclic) bond motifs is 8. The van der Waals surface area contributed by atoms with E-state index in [0.29, 0.717) is 46.5 Å². The summed E-state index contributed by atoms with van der Waals surface area (Å²) in [6.45, 7) is -1.72. The Morgan fingerprint density at radius 3 is 0.978 bits per heavy atom. The molecule has 0 spiro atoms. The van der Waals surface area contributed by atoms with Crippen molar-refractivity contribution >= 4 is 93.0 Å². The normalized spacial score (nSPS) is 15.7. The standard InChI is InChI=1S/C68H38F6N2O12S2/c69-67(70,71)39-21-23-41-43(25-39)53(77)55(79)45(41)29-51-75-59-57(89-51)47-28-50-48(27-49(47)65(59,61(81)85-31-35-13-5-1-6-14-35)62(82)86-32-36-15-7-2-8-16-36)58-60(76-52(90-58)30-46-42-24-22-40(68(72,73)74)26-44(42)54(78)56(46)80)66(50,63(83)87-33-37-17-9-3-10-18-37)64(84)88-34-38-19-11-4-12-20-38/h1-30H,31-34H2/b45-29-,46-30-. The van der Waals surface area contributed by atoms with Gasteiger partial charge in [-0.2, -0.15) is 26.3 Å². The van der Waals surface area contributed by atoms with Crippen LogP contribution in [0.25, 0.3) is 44.2 Å². The quantitative estimate of drug-likeness (QED) is 0.0249. The van der Waals surface area contributed by atoms with Crippen LogP contribution in [0.3, 0.4) is 0 Å². The molecule has 446 valence electrons. The van der Waals surface area contributed by atoms with E-state index in [1.807, 2.05) is 0 Å². The Morgan fingerprint density at radius 2 is 0.689 bits per heavy atom. The molecule has 0 saturated heterocycles. The number of hydrogen-bond donors (Lipinski definition) is 0. The van der Waals surface area contributed by atoms with Crippen molar-refractivity contribution in [2.24, 2.45) is 0 Å². The fraction of sp³-hybridized carbons (Fsp3) is 0.118. The molecule has 0 radical (unpaired) electrons. The van der Waals surface area contributed by atoms with Gasteiger partial charge in [-0.1, -0.05) is 133 Å². The van der Waals surface area contributed by atoms with Gasteiger partial charge in [0.1, 0.15) is 36.4 Å². The molecule has 90 heavy (non-hydrogen) atoms. The van der Waals surface area contributed by atoms with Crippen molar-refractivity contribution in [2.45, 2.75) is 49.6 Å². The number of benzene rings is 7. The minimum Gasteiger partial charge on any atom is -0.459 e. The van der Waals surface area contributed by atoms with E-state index in [1.165, 1.54) is 12.1 Å². The third-order valence-corrected chi connectivity index (χ3v) is 17.8. The maximum Gasteiger partial charge on any atom is 0.416 e. The van der Waals surface area contributed by atoms with Crippen molar-refractivity contribution in [3.63, 3.8) is 0 Å². The van der Waals surface area contributed by atoms with Gasteiger partial charge in [-0.3, -0.25) is 38.4 Å². The second-order valence-corrected chi connectivity index (χ2v) is 23.2. The average Bonchev–Trinajstić information content (AvgIpc) is 1.51. The molecule has 2 heterocycles. The van der Waals surface area contributed by atoms with Crippen LogP contribution in [-0.2, 0) is 97.3 Å². The first-order valence-corrected chi connectivity index (χ1v) is 28.9. The second-order valence-electron chi connectivity index (χ2n) is 21.1. The minimum absolute atomic E-state index is 0.00742. The molecule has 0 atom stereocenters. The highest BCUT2D eigenvalue weighted by molar-refractivity contribution is 7.17. The van der Waals surface area contributed by atoms with Crippen LogP contribution in [0.4, 0.5) is 26.3 Å². The number of carbonyl (C=O) groups excluding carboxylic acids is 8. The first-order valence-electron chi connectivity index (χ1n) is 27.3. The highest BCUT2D eigenvalue weighted by Gasteiger charge is 2.65. The summed E-state index contributed by atoms with van der Waals surface area (Å²) < 4.78 is 108. The molecule has 4 aliphatic carbocycles. The topological polar surface area (TPSA) is 199 Å². The van der Waals surface area contributed by atoms with Crippen LogP contribution in [0, 0.1) is 0 Å². The van der Waals surface area contributed by atoms with Gasteiger partial charge in [0.2, 0.25) is 34.0 Å². The van der Waals surface area contributed by atoms with E-state index in [2.05, 4.69) is 0 Å². The van der Waals surface area contributed by atoms with Gasteiger partial charge < -0.3 is 18.9 Å². The van der Waals surface area contributed by atoms with Crippen molar-refractivity contribution in [3.05, 3.63) is 258 Å². The van der Waals surface area contributed by atoms with Crippen molar-refractivity contribution in [1.29, 1.82) is 0 Å². The SMILES string of the molecule is O=C1C(=O)c2cc(C(F)(F)F)ccc2/C1=C/c1nc2c(s1)-c1cc3c(cc1C2(C(=O)OCc1ccccc1)C(=O)OCc1ccccc1)-c1sc(/C=C2\C(=O)C(=O)c4cc(C(F)(F)F)ccc42)nc1C3(C(=O)OCc1ccccc1)C(=O)OCc1ccccc1. The first-order chi connectivity index (χ1) is 43.2. The zero-order chi connectivity index (χ0) is 63.0. The molecule has 0 bridgehead atoms. The van der Waals surface area contributed by atoms with Crippen LogP contribution in [-0.4, -0.2) is 57.0 Å². The highest BCUT2D eigenvalue weighted by atomic mass is 32.1. The van der Waals surface area contributed by atoms with Gasteiger partial charge in [-0.25, -0.2) is 9.97 Å². The molecule has 14 nitrogen and oxygen atoms in total. The summed E-state index contributed by atoms with van der Waals surface area (Å²) in [6.07, 6.45) is -7.49. The van der Waals surface area contributed by atoms with E-state index in [9.17, 15) is 45.5 Å². The van der Waals surface area contributed by atoms with Crippen LogP contribution in [0.5, 0.6) is 0 Å². The van der Waals surface area contributed by atoms with Gasteiger partial charge in [0, 0.05) is 22.3 Å². The molecule has 13 rings (SSSR count). The Morgan fingerprint density at radius 1 is 0.389 bits per heavy atom. The summed E-state index contributed by atoms with van der Waals surface area (Å²) in [5.41, 5.74) is -9.26. The summed E-state index contributed by atoms with van der Waals surface area (Å²) in [5, 5.41) is -0.312. The van der Waals surface area contributed by atoms with Crippen molar-refractivity contribution in [1.82, 2.24) is 9.97 Å². The average molecular weight is 1250 g/mol. The Kier molecular flexibility index (Phi) is 14.4. The molecule has 7 aromatic carbocycles. The lowest BCUT2D eigenvalue weighted by Crippen LogP contribution is -2.47. The number of ketones is 4.